The minimum Gasteiger partial charge on any atom is -0.493 e. The van der Waals surface area contributed by atoms with Gasteiger partial charge in [-0.3, -0.25) is 14.9 Å². The van der Waals surface area contributed by atoms with Gasteiger partial charge in [0.05, 0.1) is 19.7 Å². The van der Waals surface area contributed by atoms with E-state index in [0.717, 1.165) is 30.8 Å². The summed E-state index contributed by atoms with van der Waals surface area (Å²) in [6.07, 6.45) is 1.88. The van der Waals surface area contributed by atoms with Crippen LogP contribution in [0.4, 0.5) is 0 Å². The Morgan fingerprint density at radius 2 is 2.17 bits per heavy atom. The van der Waals surface area contributed by atoms with Crippen LogP contribution >= 0.6 is 0 Å². The fraction of sp³-hybridized carbons (Fsp3) is 0.385. The van der Waals surface area contributed by atoms with Gasteiger partial charge in [0.15, 0.2) is 5.78 Å². The molecular weight excluding hydrogens is 234 g/mol. The third kappa shape index (κ3) is 3.07. The van der Waals surface area contributed by atoms with E-state index in [0.29, 0.717) is 5.56 Å². The molecular formula is C13H15NO4. The summed E-state index contributed by atoms with van der Waals surface area (Å²) >= 11 is 0. The molecule has 0 saturated carbocycles. The average molecular weight is 249 g/mol. The highest BCUT2D eigenvalue weighted by atomic mass is 16.5. The van der Waals surface area contributed by atoms with Crippen LogP contribution in [0.1, 0.15) is 22.3 Å². The lowest BCUT2D eigenvalue weighted by Gasteiger charge is -2.17. The number of nitrogens with one attached hydrogen (secondary N) is 1. The molecule has 0 amide bonds. The summed E-state index contributed by atoms with van der Waals surface area (Å²) in [4.78, 5) is 22.1. The van der Waals surface area contributed by atoms with Crippen molar-refractivity contribution in [2.75, 3.05) is 19.7 Å². The van der Waals surface area contributed by atoms with Crippen LogP contribution in [0.15, 0.2) is 18.2 Å². The van der Waals surface area contributed by atoms with Gasteiger partial charge in [-0.15, -0.1) is 0 Å². The predicted octanol–water partition coefficient (Wildman–Crippen LogP) is 0.868. The summed E-state index contributed by atoms with van der Waals surface area (Å²) in [5.41, 5.74) is 1.64. The second kappa shape index (κ2) is 5.64. The zero-order valence-corrected chi connectivity index (χ0v) is 9.94. The van der Waals surface area contributed by atoms with E-state index in [1.165, 1.54) is 0 Å². The number of Topliss-reactive ketones (excluding diaryl/α,β-unsaturated/α-hetero) is 1. The maximum Gasteiger partial charge on any atom is 0.317 e. The van der Waals surface area contributed by atoms with E-state index >= 15 is 0 Å². The number of hydrogen-bond acceptors (Lipinski definition) is 4. The fourth-order valence-corrected chi connectivity index (χ4v) is 1.92. The normalized spacial score (nSPS) is 13.6. The molecule has 5 heteroatoms. The van der Waals surface area contributed by atoms with Gasteiger partial charge in [-0.1, -0.05) is 0 Å². The van der Waals surface area contributed by atoms with Gasteiger partial charge in [0.1, 0.15) is 5.75 Å². The lowest BCUT2D eigenvalue weighted by Crippen LogP contribution is -2.28. The molecule has 1 aliphatic rings. The lowest BCUT2D eigenvalue weighted by atomic mass is 10.0. The number of carboxylic acid groups (broad SMARTS) is 1. The van der Waals surface area contributed by atoms with Crippen LogP contribution < -0.4 is 10.1 Å². The van der Waals surface area contributed by atoms with Crippen molar-refractivity contribution in [3.8, 4) is 5.75 Å². The van der Waals surface area contributed by atoms with Crippen LogP contribution in [0.5, 0.6) is 5.75 Å². The Labute approximate surface area is 105 Å². The Bertz CT molecular complexity index is 470. The molecule has 0 aromatic heterocycles. The van der Waals surface area contributed by atoms with Crippen molar-refractivity contribution in [2.24, 2.45) is 0 Å². The molecule has 1 aromatic carbocycles. The number of aryl methyl sites for hydroxylation is 1. The van der Waals surface area contributed by atoms with Crippen LogP contribution in [-0.2, 0) is 11.2 Å². The Kier molecular flexibility index (Phi) is 3.94. The molecule has 5 nitrogen and oxygen atoms in total. The molecule has 1 aromatic rings. The van der Waals surface area contributed by atoms with Crippen molar-refractivity contribution in [1.29, 1.82) is 0 Å². The fourth-order valence-electron chi connectivity index (χ4n) is 1.92. The van der Waals surface area contributed by atoms with E-state index < -0.39 is 5.97 Å². The van der Waals surface area contributed by atoms with E-state index in [4.69, 9.17) is 9.84 Å². The summed E-state index contributed by atoms with van der Waals surface area (Å²) in [5.74, 6) is -0.234. The quantitative estimate of drug-likeness (QED) is 0.757. The molecule has 0 spiro atoms. The van der Waals surface area contributed by atoms with Gasteiger partial charge in [0, 0.05) is 5.56 Å². The predicted molar refractivity (Wildman–Crippen MR) is 65.1 cm³/mol. The van der Waals surface area contributed by atoms with E-state index in [2.05, 4.69) is 5.32 Å². The largest absolute Gasteiger partial charge is 0.493 e. The maximum absolute atomic E-state index is 11.8. The highest BCUT2D eigenvalue weighted by Crippen LogP contribution is 2.25. The van der Waals surface area contributed by atoms with Crippen molar-refractivity contribution in [1.82, 2.24) is 5.32 Å². The summed E-state index contributed by atoms with van der Waals surface area (Å²) in [7, 11) is 0. The topological polar surface area (TPSA) is 75.6 Å². The summed E-state index contributed by atoms with van der Waals surface area (Å²) < 4.78 is 5.47. The van der Waals surface area contributed by atoms with Gasteiger partial charge in [0.25, 0.3) is 0 Å². The van der Waals surface area contributed by atoms with Crippen LogP contribution in [0.2, 0.25) is 0 Å². The minimum atomic E-state index is -0.971. The molecule has 0 aliphatic carbocycles. The second-order valence-corrected chi connectivity index (χ2v) is 4.19. The number of fused-ring (bicyclic) bond motifs is 1. The van der Waals surface area contributed by atoms with Crippen molar-refractivity contribution in [3.63, 3.8) is 0 Å². The van der Waals surface area contributed by atoms with Crippen molar-refractivity contribution < 1.29 is 19.4 Å². The van der Waals surface area contributed by atoms with Gasteiger partial charge in [-0.25, -0.2) is 0 Å². The number of benzene rings is 1. The molecule has 0 saturated heterocycles. The summed E-state index contributed by atoms with van der Waals surface area (Å²) in [6.45, 7) is 0.548. The van der Waals surface area contributed by atoms with E-state index in [9.17, 15) is 9.59 Å². The zero-order chi connectivity index (χ0) is 13.0. The first-order chi connectivity index (χ1) is 8.66. The Morgan fingerprint density at radius 3 is 2.94 bits per heavy atom. The molecule has 96 valence electrons. The van der Waals surface area contributed by atoms with Crippen LogP contribution in [0.25, 0.3) is 0 Å². The van der Waals surface area contributed by atoms with Gasteiger partial charge < -0.3 is 9.84 Å². The summed E-state index contributed by atoms with van der Waals surface area (Å²) in [5, 5.41) is 11.0. The Morgan fingerprint density at radius 1 is 1.33 bits per heavy atom. The Balaban J connectivity index is 2.00. The number of hydrogen-bond donors (Lipinski definition) is 2. The van der Waals surface area contributed by atoms with E-state index in [1.807, 2.05) is 6.07 Å². The maximum atomic E-state index is 11.8. The molecule has 0 unspecified atom stereocenters. The van der Waals surface area contributed by atoms with E-state index in [1.54, 1.807) is 12.1 Å². The SMILES string of the molecule is O=C(O)CNCC(=O)c1ccc2c(c1)CCCO2. The number of carbonyl (C=O) groups is 2. The molecule has 2 N–H and O–H groups in total. The zero-order valence-electron chi connectivity index (χ0n) is 9.94. The van der Waals surface area contributed by atoms with Crippen molar-refractivity contribution in [3.05, 3.63) is 29.3 Å². The van der Waals surface area contributed by atoms with Crippen molar-refractivity contribution >= 4 is 11.8 Å². The molecule has 1 aliphatic heterocycles. The molecule has 18 heavy (non-hydrogen) atoms. The minimum absolute atomic E-state index is 0.0337. The first kappa shape index (κ1) is 12.6. The average Bonchev–Trinajstić information content (AvgIpc) is 2.37. The van der Waals surface area contributed by atoms with E-state index in [-0.39, 0.29) is 18.9 Å². The number of ether oxygens (including phenoxy) is 1. The number of ketones is 1. The molecule has 0 fully saturated rings. The standard InChI is InChI=1S/C13H15NO4/c15-11(7-14-8-13(16)17)9-3-4-12-10(6-9)2-1-5-18-12/h3-4,6,14H,1-2,5,7-8H2,(H,16,17). The third-order valence-corrected chi connectivity index (χ3v) is 2.79. The van der Waals surface area contributed by atoms with Gasteiger partial charge >= 0.3 is 5.97 Å². The smallest absolute Gasteiger partial charge is 0.317 e. The lowest BCUT2D eigenvalue weighted by molar-refractivity contribution is -0.135. The molecule has 2 rings (SSSR count). The van der Waals surface area contributed by atoms with Crippen molar-refractivity contribution in [2.45, 2.75) is 12.8 Å². The second-order valence-electron chi connectivity index (χ2n) is 4.19. The first-order valence-corrected chi connectivity index (χ1v) is 5.88. The third-order valence-electron chi connectivity index (χ3n) is 2.79. The van der Waals surface area contributed by atoms with Gasteiger partial charge in [-0.05, 0) is 36.6 Å². The molecule has 1 heterocycles. The highest BCUT2D eigenvalue weighted by Gasteiger charge is 2.13. The van der Waals surface area contributed by atoms with Gasteiger partial charge in [-0.2, -0.15) is 0 Å². The van der Waals surface area contributed by atoms with Crippen LogP contribution in [0, 0.1) is 0 Å². The van der Waals surface area contributed by atoms with Crippen LogP contribution in [-0.4, -0.2) is 36.6 Å². The molecule has 0 radical (unpaired) electrons. The first-order valence-electron chi connectivity index (χ1n) is 5.88. The Hall–Kier alpha value is -1.88. The molecule has 0 atom stereocenters. The van der Waals surface area contributed by atoms with Gasteiger partial charge in [0.2, 0.25) is 0 Å². The number of rotatable bonds is 5. The highest BCUT2D eigenvalue weighted by molar-refractivity contribution is 5.98. The number of carbonyl (C=O) groups excluding carboxylic acids is 1. The monoisotopic (exact) mass is 249 g/mol. The summed E-state index contributed by atoms with van der Waals surface area (Å²) in [6, 6.07) is 5.35. The van der Waals surface area contributed by atoms with Crippen LogP contribution in [0.3, 0.4) is 0 Å². The number of aliphatic carboxylic acids is 1. The number of carboxylic acids is 1. The molecule has 0 bridgehead atoms.